The van der Waals surface area contributed by atoms with E-state index < -0.39 is 0 Å². The maximum Gasteiger partial charge on any atom is 0.191 e. The third-order valence-electron chi connectivity index (χ3n) is 1.12. The largest absolute Gasteiger partial charge is 0.291 e. The molecule has 0 saturated heterocycles. The van der Waals surface area contributed by atoms with Crippen molar-refractivity contribution in [2.24, 2.45) is 0 Å². The Balaban J connectivity index is 0.00000121. The minimum Gasteiger partial charge on any atom is -0.291 e. The van der Waals surface area contributed by atoms with Crippen LogP contribution in [0.25, 0.3) is 0 Å². The molecule has 0 spiro atoms. The Morgan fingerprint density at radius 3 is 2.67 bits per heavy atom. The number of carbonyl (C=O) groups is 1. The van der Waals surface area contributed by atoms with Gasteiger partial charge in [0, 0.05) is 0 Å². The molecule has 0 aliphatic rings. The third-order valence-corrected chi connectivity index (χ3v) is 2.07. The highest BCUT2D eigenvalue weighted by atomic mass is 79.9. The average molecular weight is 360 g/mol. The van der Waals surface area contributed by atoms with Gasteiger partial charge in [0.2, 0.25) is 0 Å². The lowest BCUT2D eigenvalue weighted by atomic mass is 10.3. The van der Waals surface area contributed by atoms with Crippen molar-refractivity contribution >= 4 is 54.6 Å². The number of Topliss-reactive ketones (excluding diaryl/α,β-unsaturated/α-hetero) is 1. The summed E-state index contributed by atoms with van der Waals surface area (Å²) in [4.78, 5) is 15.0. The number of halogens is 3. The summed E-state index contributed by atoms with van der Waals surface area (Å²) >= 11 is 6.25. The molecule has 0 bridgehead atoms. The number of pyridine rings is 1. The Labute approximate surface area is 97.8 Å². The first-order valence-electron chi connectivity index (χ1n) is 2.96. The van der Waals surface area contributed by atoms with Crippen LogP contribution >= 0.6 is 48.8 Å². The molecule has 0 aliphatic heterocycles. The highest BCUT2D eigenvalue weighted by molar-refractivity contribution is 9.10. The van der Waals surface area contributed by atoms with Crippen LogP contribution in [-0.2, 0) is 0 Å². The molecule has 1 aromatic rings. The van der Waals surface area contributed by atoms with Gasteiger partial charge < -0.3 is 0 Å². The van der Waals surface area contributed by atoms with E-state index in [2.05, 4.69) is 36.8 Å². The van der Waals surface area contributed by atoms with E-state index in [1.54, 1.807) is 18.2 Å². The molecule has 0 atom stereocenters. The molecule has 0 fully saturated rings. The van der Waals surface area contributed by atoms with E-state index in [9.17, 15) is 4.79 Å². The second-order valence-corrected chi connectivity index (χ2v) is 3.28. The molecule has 0 unspecified atom stereocenters. The van der Waals surface area contributed by atoms with Crippen molar-refractivity contribution in [1.29, 1.82) is 0 Å². The Kier molecular flexibility index (Phi) is 5.96. The van der Waals surface area contributed by atoms with Crippen molar-refractivity contribution in [3.8, 4) is 0 Å². The molecule has 5 heteroatoms. The van der Waals surface area contributed by atoms with Crippen molar-refractivity contribution in [1.82, 2.24) is 4.98 Å². The number of nitrogens with zero attached hydrogens (tertiary/aromatic N) is 1. The van der Waals surface area contributed by atoms with Gasteiger partial charge in [0.05, 0.1) is 5.33 Å². The zero-order chi connectivity index (χ0) is 8.27. The first kappa shape index (κ1) is 12.3. The average Bonchev–Trinajstić information content (AvgIpc) is 2.03. The third kappa shape index (κ3) is 3.33. The fourth-order valence-corrected chi connectivity index (χ4v) is 1.26. The summed E-state index contributed by atoms with van der Waals surface area (Å²) < 4.78 is 0.685. The normalized spacial score (nSPS) is 8.83. The number of ketones is 1. The lowest BCUT2D eigenvalue weighted by Gasteiger charge is -1.94. The van der Waals surface area contributed by atoms with Crippen LogP contribution in [-0.4, -0.2) is 16.1 Å². The molecule has 1 aromatic heterocycles. The Bertz CT molecular complexity index is 277. The summed E-state index contributed by atoms with van der Waals surface area (Å²) in [5.41, 5.74) is 0.483. The van der Waals surface area contributed by atoms with E-state index in [1.807, 2.05) is 0 Å². The second-order valence-electron chi connectivity index (χ2n) is 1.90. The summed E-state index contributed by atoms with van der Waals surface area (Å²) in [6, 6.07) is 5.26. The molecule has 66 valence electrons. The molecule has 0 aromatic carbocycles. The maximum absolute atomic E-state index is 11.0. The van der Waals surface area contributed by atoms with Crippen LogP contribution in [0.3, 0.4) is 0 Å². The van der Waals surface area contributed by atoms with Gasteiger partial charge in [0.25, 0.3) is 0 Å². The second kappa shape index (κ2) is 5.83. The first-order chi connectivity index (χ1) is 5.24. The monoisotopic (exact) mass is 357 g/mol. The van der Waals surface area contributed by atoms with Crippen molar-refractivity contribution < 1.29 is 4.79 Å². The highest BCUT2D eigenvalue weighted by Gasteiger charge is 2.04. The molecule has 12 heavy (non-hydrogen) atoms. The zero-order valence-corrected chi connectivity index (χ0v) is 10.8. The lowest BCUT2D eigenvalue weighted by molar-refractivity contribution is 0.101. The van der Waals surface area contributed by atoms with E-state index >= 15 is 0 Å². The minimum absolute atomic E-state index is 0. The highest BCUT2D eigenvalue weighted by Crippen LogP contribution is 2.07. The topological polar surface area (TPSA) is 30.0 Å². The molecule has 0 N–H and O–H groups in total. The van der Waals surface area contributed by atoms with Crippen LogP contribution in [0.1, 0.15) is 10.5 Å². The number of hydrogen-bond donors (Lipinski definition) is 0. The van der Waals surface area contributed by atoms with Gasteiger partial charge in [-0.25, -0.2) is 4.98 Å². The van der Waals surface area contributed by atoms with E-state index in [0.29, 0.717) is 15.6 Å². The number of rotatable bonds is 2. The summed E-state index contributed by atoms with van der Waals surface area (Å²) in [6.07, 6.45) is 0. The van der Waals surface area contributed by atoms with Crippen molar-refractivity contribution in [2.75, 3.05) is 5.33 Å². The van der Waals surface area contributed by atoms with E-state index in [-0.39, 0.29) is 22.8 Å². The molecule has 2 nitrogen and oxygen atoms in total. The predicted octanol–water partition coefficient (Wildman–Crippen LogP) is 3.00. The van der Waals surface area contributed by atoms with Gasteiger partial charge >= 0.3 is 0 Å². The predicted molar refractivity (Wildman–Crippen MR) is 60.4 cm³/mol. The summed E-state index contributed by atoms with van der Waals surface area (Å²) in [7, 11) is 0. The van der Waals surface area contributed by atoms with Gasteiger partial charge in [-0.2, -0.15) is 0 Å². The van der Waals surface area contributed by atoms with E-state index in [0.717, 1.165) is 0 Å². The molecular weight excluding hydrogens is 354 g/mol. The number of aromatic nitrogens is 1. The fourth-order valence-electron chi connectivity index (χ4n) is 0.632. The Hall–Kier alpha value is 0.260. The van der Waals surface area contributed by atoms with Gasteiger partial charge in [-0.15, -0.1) is 17.0 Å². The van der Waals surface area contributed by atoms with E-state index in [1.165, 1.54) is 0 Å². The fraction of sp³-hybridized carbons (Fsp3) is 0.143. The van der Waals surface area contributed by atoms with Crippen molar-refractivity contribution in [2.45, 2.75) is 0 Å². The molecule has 0 amide bonds. The quantitative estimate of drug-likeness (QED) is 0.461. The standard InChI is InChI=1S/C7H5Br2NO.BrH/c8-4-6(11)5-2-1-3-7(9)10-5;/h1-3H,4H2;1H. The maximum atomic E-state index is 11.0. The van der Waals surface area contributed by atoms with E-state index in [4.69, 9.17) is 0 Å². The molecule has 0 aliphatic carbocycles. The van der Waals surface area contributed by atoms with Gasteiger partial charge in [0.15, 0.2) is 5.78 Å². The van der Waals surface area contributed by atoms with Crippen molar-refractivity contribution in [3.05, 3.63) is 28.5 Å². The van der Waals surface area contributed by atoms with Gasteiger partial charge in [0.1, 0.15) is 10.3 Å². The Morgan fingerprint density at radius 1 is 1.50 bits per heavy atom. The summed E-state index contributed by atoms with van der Waals surface area (Å²) in [5.74, 6) is -0.00806. The van der Waals surface area contributed by atoms with Gasteiger partial charge in [-0.05, 0) is 28.1 Å². The number of alkyl halides is 1. The minimum atomic E-state index is -0.00806. The molecular formula is C7H6Br3NO. The zero-order valence-electron chi connectivity index (χ0n) is 5.96. The van der Waals surface area contributed by atoms with Gasteiger partial charge in [-0.3, -0.25) is 4.79 Å². The first-order valence-corrected chi connectivity index (χ1v) is 4.87. The molecule has 0 saturated carbocycles. The van der Waals surface area contributed by atoms with Crippen LogP contribution in [0.4, 0.5) is 0 Å². The van der Waals surface area contributed by atoms with Crippen LogP contribution in [0.15, 0.2) is 22.8 Å². The smallest absolute Gasteiger partial charge is 0.191 e. The van der Waals surface area contributed by atoms with Crippen molar-refractivity contribution in [3.63, 3.8) is 0 Å². The van der Waals surface area contributed by atoms with Crippen LogP contribution in [0, 0.1) is 0 Å². The summed E-state index contributed by atoms with van der Waals surface area (Å²) in [5, 5.41) is 0.316. The number of hydrogen-bond acceptors (Lipinski definition) is 2. The summed E-state index contributed by atoms with van der Waals surface area (Å²) in [6.45, 7) is 0. The van der Waals surface area contributed by atoms with Crippen LogP contribution in [0.5, 0.6) is 0 Å². The Morgan fingerprint density at radius 2 is 2.17 bits per heavy atom. The molecule has 1 rings (SSSR count). The number of carbonyl (C=O) groups excluding carboxylic acids is 1. The van der Waals surface area contributed by atoms with Crippen LogP contribution in [0.2, 0.25) is 0 Å². The van der Waals surface area contributed by atoms with Gasteiger partial charge in [-0.1, -0.05) is 22.0 Å². The molecule has 0 radical (unpaired) electrons. The lowest BCUT2D eigenvalue weighted by Crippen LogP contribution is -2.02. The molecule has 1 heterocycles. The van der Waals surface area contributed by atoms with Crippen LogP contribution < -0.4 is 0 Å². The SMILES string of the molecule is Br.O=C(CBr)c1cccc(Br)n1.